The fourth-order valence-corrected chi connectivity index (χ4v) is 3.64. The van der Waals surface area contributed by atoms with Crippen molar-refractivity contribution >= 4 is 64.1 Å². The number of rotatable bonds is 8. The lowest BCUT2D eigenvalue weighted by atomic mass is 10.2. The van der Waals surface area contributed by atoms with Crippen molar-refractivity contribution in [2.75, 3.05) is 45.8 Å². The Bertz CT molecular complexity index is 1190. The summed E-state index contributed by atoms with van der Waals surface area (Å²) in [6.07, 6.45) is 4.32. The van der Waals surface area contributed by atoms with Gasteiger partial charge in [-0.25, -0.2) is 9.48 Å². The molecule has 10 N–H and O–H groups in total. The molecule has 2 aromatic carbocycles. The highest BCUT2D eigenvalue weighted by atomic mass is 16.3. The minimum Gasteiger partial charge on any atom is -0.506 e. The molecule has 4 amide bonds. The average molecular weight is 512 g/mol. The topological polar surface area (TPSA) is 221 Å². The van der Waals surface area contributed by atoms with Crippen molar-refractivity contribution in [3.05, 3.63) is 36.7 Å². The number of carbonyl (C=O) groups excluding carboxylic acids is 4. The van der Waals surface area contributed by atoms with Gasteiger partial charge in [0.05, 0.1) is 17.6 Å². The summed E-state index contributed by atoms with van der Waals surface area (Å²) < 4.78 is -0.313. The lowest BCUT2D eigenvalue weighted by Crippen LogP contribution is -2.50. The summed E-state index contributed by atoms with van der Waals surface area (Å²) in [5.41, 5.74) is 12.3. The lowest BCUT2D eigenvalue weighted by Gasteiger charge is -2.26. The molecule has 0 radical (unpaired) electrons. The molecule has 14 heteroatoms. The van der Waals surface area contributed by atoms with Crippen LogP contribution in [0.15, 0.2) is 41.7 Å². The standard InChI is InChI=1S/C23H26N8O6/c1-12(32)27-14-5-16(24)22(18(34)7-14)29-20(36)9-31(4-3-26-11-31)10-21(37)30-23-17(25)6-15(8-19(23)35)28-13(2)33/h3-8,11H,9-10,24-25H2,1-2H3,(H5-,27,28,29,30,32,33,34,35,36,37)/p+1. The molecule has 0 fully saturated rings. The zero-order chi connectivity index (χ0) is 27.3. The van der Waals surface area contributed by atoms with Crippen LogP contribution in [-0.4, -0.2) is 57.8 Å². The molecule has 0 bridgehead atoms. The number of nitrogens with zero attached hydrogens (tertiary/aromatic N) is 2. The van der Waals surface area contributed by atoms with Crippen molar-refractivity contribution in [3.8, 4) is 11.5 Å². The summed E-state index contributed by atoms with van der Waals surface area (Å²) in [6.45, 7) is 2.01. The first-order valence-electron chi connectivity index (χ1n) is 10.9. The molecule has 1 aliphatic rings. The molecule has 0 saturated heterocycles. The molecule has 2 aromatic rings. The highest BCUT2D eigenvalue weighted by Gasteiger charge is 2.33. The highest BCUT2D eigenvalue weighted by Crippen LogP contribution is 2.35. The van der Waals surface area contributed by atoms with Gasteiger partial charge < -0.3 is 42.9 Å². The normalized spacial score (nSPS) is 13.1. The summed E-state index contributed by atoms with van der Waals surface area (Å²) in [5.74, 6) is -2.64. The molecule has 194 valence electrons. The Labute approximate surface area is 211 Å². The van der Waals surface area contributed by atoms with Crippen molar-refractivity contribution in [1.29, 1.82) is 0 Å². The molecule has 0 atom stereocenters. The number of aromatic hydroxyl groups is 2. The van der Waals surface area contributed by atoms with Crippen LogP contribution in [0.2, 0.25) is 0 Å². The number of phenols is 2. The van der Waals surface area contributed by atoms with Crippen LogP contribution in [0.25, 0.3) is 0 Å². The predicted octanol–water partition coefficient (Wildman–Crippen LogP) is 1.09. The van der Waals surface area contributed by atoms with Crippen LogP contribution in [0, 0.1) is 0 Å². The predicted molar refractivity (Wildman–Crippen MR) is 139 cm³/mol. The minimum absolute atomic E-state index is 0.0145. The number of aliphatic imine (C=N–C) groups is 1. The Morgan fingerprint density at radius 3 is 1.54 bits per heavy atom. The van der Waals surface area contributed by atoms with E-state index in [1.54, 1.807) is 0 Å². The molecule has 14 nitrogen and oxygen atoms in total. The van der Waals surface area contributed by atoms with Gasteiger partial charge in [-0.2, -0.15) is 0 Å². The second-order valence-corrected chi connectivity index (χ2v) is 8.36. The lowest BCUT2D eigenvalue weighted by molar-refractivity contribution is -0.760. The van der Waals surface area contributed by atoms with Crippen molar-refractivity contribution in [3.63, 3.8) is 0 Å². The Kier molecular flexibility index (Phi) is 7.63. The number of quaternary nitrogens is 1. The van der Waals surface area contributed by atoms with Crippen LogP contribution in [0.3, 0.4) is 0 Å². The first-order valence-corrected chi connectivity index (χ1v) is 10.9. The van der Waals surface area contributed by atoms with E-state index >= 15 is 0 Å². The molecule has 1 aliphatic heterocycles. The molecule has 0 unspecified atom stereocenters. The van der Waals surface area contributed by atoms with Crippen LogP contribution in [0.5, 0.6) is 11.5 Å². The number of benzene rings is 2. The van der Waals surface area contributed by atoms with Gasteiger partial charge in [-0.15, -0.1) is 0 Å². The van der Waals surface area contributed by atoms with Crippen molar-refractivity contribution in [1.82, 2.24) is 0 Å². The van der Waals surface area contributed by atoms with Crippen molar-refractivity contribution in [2.45, 2.75) is 13.8 Å². The van der Waals surface area contributed by atoms with E-state index in [-0.39, 0.29) is 75.0 Å². The summed E-state index contributed by atoms with van der Waals surface area (Å²) in [4.78, 5) is 52.1. The molecule has 37 heavy (non-hydrogen) atoms. The third kappa shape index (κ3) is 6.73. The van der Waals surface area contributed by atoms with E-state index < -0.39 is 11.8 Å². The SMILES string of the molecule is CC(=O)Nc1cc(N)c(NC(=O)C[N+]2(CC(=O)Nc3c(N)cc(NC(C)=O)cc3O)C=CN=C2)c(O)c1. The van der Waals surface area contributed by atoms with E-state index in [1.165, 1.54) is 56.9 Å². The van der Waals surface area contributed by atoms with Crippen LogP contribution in [-0.2, 0) is 19.2 Å². The maximum Gasteiger partial charge on any atom is 0.280 e. The first kappa shape index (κ1) is 26.5. The highest BCUT2D eigenvalue weighted by molar-refractivity contribution is 6.01. The summed E-state index contributed by atoms with van der Waals surface area (Å²) in [7, 11) is 0. The third-order valence-corrected chi connectivity index (χ3v) is 5.09. The van der Waals surface area contributed by atoms with Crippen molar-refractivity contribution < 1.29 is 33.9 Å². The van der Waals surface area contributed by atoms with Crippen LogP contribution >= 0.6 is 0 Å². The molecular formula is C23H27N8O6+. The second-order valence-electron chi connectivity index (χ2n) is 8.36. The Balaban J connectivity index is 1.71. The number of anilines is 6. The van der Waals surface area contributed by atoms with Gasteiger partial charge in [0.1, 0.15) is 29.1 Å². The van der Waals surface area contributed by atoms with Gasteiger partial charge in [0.2, 0.25) is 11.8 Å². The van der Waals surface area contributed by atoms with E-state index in [0.29, 0.717) is 0 Å². The Morgan fingerprint density at radius 2 is 1.22 bits per heavy atom. The summed E-state index contributed by atoms with van der Waals surface area (Å²) >= 11 is 0. The van der Waals surface area contributed by atoms with Gasteiger partial charge in [0, 0.05) is 37.4 Å². The van der Waals surface area contributed by atoms with E-state index in [0.717, 1.165) is 0 Å². The molecule has 3 rings (SSSR count). The summed E-state index contributed by atoms with van der Waals surface area (Å²) in [5, 5.41) is 30.5. The monoisotopic (exact) mass is 511 g/mol. The van der Waals surface area contributed by atoms with Gasteiger partial charge >= 0.3 is 0 Å². The maximum absolute atomic E-state index is 12.8. The van der Waals surface area contributed by atoms with Crippen LogP contribution in [0.1, 0.15) is 13.8 Å². The molecular weight excluding hydrogens is 484 g/mol. The van der Waals surface area contributed by atoms with Gasteiger partial charge in [0.15, 0.2) is 19.4 Å². The largest absolute Gasteiger partial charge is 0.506 e. The molecule has 0 aliphatic carbocycles. The maximum atomic E-state index is 12.8. The number of nitrogens with two attached hydrogens (primary N) is 2. The zero-order valence-corrected chi connectivity index (χ0v) is 20.0. The number of amides is 4. The number of nitrogens with one attached hydrogen (secondary N) is 4. The molecule has 0 aromatic heterocycles. The number of phenolic OH excluding ortho intramolecular Hbond substituents is 2. The van der Waals surface area contributed by atoms with Gasteiger partial charge in [0.25, 0.3) is 11.8 Å². The fraction of sp³-hybridized carbons (Fsp3) is 0.174. The third-order valence-electron chi connectivity index (χ3n) is 5.09. The number of nitrogen functional groups attached to an aromatic ring is 2. The second kappa shape index (κ2) is 10.7. The number of hydrogen-bond donors (Lipinski definition) is 8. The van der Waals surface area contributed by atoms with Crippen LogP contribution in [0.4, 0.5) is 34.1 Å². The van der Waals surface area contributed by atoms with Crippen molar-refractivity contribution in [2.24, 2.45) is 4.99 Å². The molecule has 0 saturated carbocycles. The first-order chi connectivity index (χ1) is 17.4. The van der Waals surface area contributed by atoms with Gasteiger partial charge in [-0.05, 0) is 12.1 Å². The van der Waals surface area contributed by atoms with Gasteiger partial charge in [-0.3, -0.25) is 19.2 Å². The molecule has 1 heterocycles. The zero-order valence-electron chi connectivity index (χ0n) is 20.0. The number of carbonyl (C=O) groups is 4. The van der Waals surface area contributed by atoms with Gasteiger partial charge in [-0.1, -0.05) is 0 Å². The van der Waals surface area contributed by atoms with E-state index in [9.17, 15) is 29.4 Å². The Morgan fingerprint density at radius 1 is 0.784 bits per heavy atom. The molecule has 0 spiro atoms. The Hall–Kier alpha value is -5.11. The number of hydrogen-bond acceptors (Lipinski definition) is 9. The van der Waals surface area contributed by atoms with E-state index in [2.05, 4.69) is 26.3 Å². The average Bonchev–Trinajstić information content (AvgIpc) is 3.20. The summed E-state index contributed by atoms with van der Waals surface area (Å²) in [6, 6.07) is 5.21. The fourth-order valence-electron chi connectivity index (χ4n) is 3.64. The minimum atomic E-state index is -0.595. The van der Waals surface area contributed by atoms with E-state index in [1.807, 2.05) is 0 Å². The van der Waals surface area contributed by atoms with E-state index in [4.69, 9.17) is 11.5 Å². The van der Waals surface area contributed by atoms with Crippen LogP contribution < -0.4 is 32.7 Å². The smallest absolute Gasteiger partial charge is 0.280 e. The quantitative estimate of drug-likeness (QED) is 0.145.